The summed E-state index contributed by atoms with van der Waals surface area (Å²) in [5.74, 6) is -1.47. The number of likely N-dealkylation sites (N-methyl/N-ethyl adjacent to an activating group) is 1. The van der Waals surface area contributed by atoms with Crippen LogP contribution in [0.15, 0.2) is 42.0 Å². The average Bonchev–Trinajstić information content (AvgIpc) is 2.73. The molecule has 2 aromatic rings. The van der Waals surface area contributed by atoms with E-state index in [2.05, 4.69) is 50.1 Å². The first-order valence-corrected chi connectivity index (χ1v) is 11.7. The zero-order chi connectivity index (χ0) is 24.9. The van der Waals surface area contributed by atoms with Crippen LogP contribution in [0.5, 0.6) is 0 Å². The molecule has 0 spiro atoms. The number of fused-ring (bicyclic) bond motifs is 1. The molecule has 0 bridgehead atoms. The summed E-state index contributed by atoms with van der Waals surface area (Å²) in [6, 6.07) is 7.63. The number of allylic oxidation sites excluding steroid dienone is 1. The number of amides is 4. The van der Waals surface area contributed by atoms with E-state index in [-0.39, 0.29) is 21.8 Å². The minimum Gasteiger partial charge on any atom is -0.363 e. The fraction of sp³-hybridized carbons (Fsp3) is 0.269. The molecular formula is C26H25Cl2N3O3. The zero-order valence-corrected chi connectivity index (χ0v) is 21.1. The number of imide groups is 2. The minimum absolute atomic E-state index is 0.127. The maximum absolute atomic E-state index is 13.3. The zero-order valence-electron chi connectivity index (χ0n) is 19.6. The Balaban J connectivity index is 1.80. The number of aryl methyl sites for hydroxylation is 1. The largest absolute Gasteiger partial charge is 0.363 e. The second kappa shape index (κ2) is 8.60. The first kappa shape index (κ1) is 24.0. The van der Waals surface area contributed by atoms with Gasteiger partial charge in [0.25, 0.3) is 11.8 Å². The highest BCUT2D eigenvalue weighted by Gasteiger charge is 2.37. The molecule has 2 aliphatic rings. The third kappa shape index (κ3) is 4.01. The van der Waals surface area contributed by atoms with Crippen LogP contribution in [0.4, 0.5) is 16.2 Å². The van der Waals surface area contributed by atoms with E-state index in [1.54, 1.807) is 0 Å². The second-order valence-corrected chi connectivity index (χ2v) is 9.82. The third-order valence-corrected chi connectivity index (χ3v) is 6.98. The van der Waals surface area contributed by atoms with Crippen molar-refractivity contribution < 1.29 is 14.4 Å². The van der Waals surface area contributed by atoms with Gasteiger partial charge in [0.05, 0.1) is 21.3 Å². The van der Waals surface area contributed by atoms with Gasteiger partial charge in [0, 0.05) is 17.8 Å². The molecule has 0 unspecified atom stereocenters. The lowest BCUT2D eigenvalue weighted by atomic mass is 9.86. The standard InChI is InChI=1S/C26H25Cl2N3O3/c1-6-30-22-9-14(2)16(10-18(22)15(3)13-26(30,4)5)11-19-23(32)29-25(34)31(24(19)33)17-7-8-20(27)21(28)12-17/h7-13H,6H2,1-5H3,(H,29,32,34)/b19-11-. The van der Waals surface area contributed by atoms with Crippen LogP contribution in [0.25, 0.3) is 11.6 Å². The molecule has 2 heterocycles. The van der Waals surface area contributed by atoms with Crippen LogP contribution in [-0.4, -0.2) is 29.9 Å². The van der Waals surface area contributed by atoms with E-state index < -0.39 is 17.8 Å². The third-order valence-electron chi connectivity index (χ3n) is 6.24. The van der Waals surface area contributed by atoms with Gasteiger partial charge in [-0.3, -0.25) is 14.9 Å². The van der Waals surface area contributed by atoms with Crippen LogP contribution in [0.1, 0.15) is 44.4 Å². The highest BCUT2D eigenvalue weighted by atomic mass is 35.5. The highest BCUT2D eigenvalue weighted by molar-refractivity contribution is 6.43. The number of urea groups is 1. The predicted octanol–water partition coefficient (Wildman–Crippen LogP) is 5.99. The Labute approximate surface area is 208 Å². The predicted molar refractivity (Wildman–Crippen MR) is 137 cm³/mol. The maximum Gasteiger partial charge on any atom is 0.335 e. The second-order valence-electron chi connectivity index (χ2n) is 9.01. The molecule has 2 aliphatic heterocycles. The van der Waals surface area contributed by atoms with Crippen molar-refractivity contribution in [1.82, 2.24) is 5.32 Å². The molecule has 34 heavy (non-hydrogen) atoms. The Morgan fingerprint density at radius 1 is 1.03 bits per heavy atom. The van der Waals surface area contributed by atoms with E-state index >= 15 is 0 Å². The van der Waals surface area contributed by atoms with Crippen LogP contribution in [-0.2, 0) is 9.59 Å². The number of anilines is 2. The molecule has 1 N–H and O–H groups in total. The van der Waals surface area contributed by atoms with Crippen molar-refractivity contribution in [2.24, 2.45) is 0 Å². The molecule has 0 atom stereocenters. The van der Waals surface area contributed by atoms with Crippen molar-refractivity contribution in [2.45, 2.75) is 40.2 Å². The fourth-order valence-corrected chi connectivity index (χ4v) is 4.94. The van der Waals surface area contributed by atoms with E-state index in [0.717, 1.165) is 39.4 Å². The molecule has 0 saturated carbocycles. The molecule has 6 nitrogen and oxygen atoms in total. The quantitative estimate of drug-likeness (QED) is 0.417. The summed E-state index contributed by atoms with van der Waals surface area (Å²) in [6.07, 6.45) is 3.75. The number of nitrogens with zero attached hydrogens (tertiary/aromatic N) is 2. The molecule has 8 heteroatoms. The Hall–Kier alpha value is -3.09. The van der Waals surface area contributed by atoms with Crippen molar-refractivity contribution >= 4 is 64.1 Å². The molecule has 0 radical (unpaired) electrons. The van der Waals surface area contributed by atoms with Crippen molar-refractivity contribution in [3.8, 4) is 0 Å². The number of barbiturate groups is 1. The number of carbonyl (C=O) groups excluding carboxylic acids is 3. The summed E-state index contributed by atoms with van der Waals surface area (Å²) in [7, 11) is 0. The molecule has 1 saturated heterocycles. The topological polar surface area (TPSA) is 69.7 Å². The summed E-state index contributed by atoms with van der Waals surface area (Å²) in [4.78, 5) is 41.6. The van der Waals surface area contributed by atoms with Crippen LogP contribution < -0.4 is 15.1 Å². The molecule has 0 aromatic heterocycles. The van der Waals surface area contributed by atoms with Gasteiger partial charge in [-0.15, -0.1) is 0 Å². The first-order valence-electron chi connectivity index (χ1n) is 10.9. The molecular weight excluding hydrogens is 473 g/mol. The number of carbonyl (C=O) groups is 3. The summed E-state index contributed by atoms with van der Waals surface area (Å²) in [6.45, 7) is 11.3. The van der Waals surface area contributed by atoms with Gasteiger partial charge >= 0.3 is 6.03 Å². The van der Waals surface area contributed by atoms with E-state index in [1.165, 1.54) is 24.3 Å². The number of rotatable bonds is 3. The Bertz CT molecular complexity index is 1310. The summed E-state index contributed by atoms with van der Waals surface area (Å²) < 4.78 is 0. The van der Waals surface area contributed by atoms with E-state index in [1.807, 2.05) is 13.0 Å². The van der Waals surface area contributed by atoms with Gasteiger partial charge in [-0.25, -0.2) is 9.69 Å². The summed E-state index contributed by atoms with van der Waals surface area (Å²) >= 11 is 12.0. The first-order chi connectivity index (χ1) is 15.9. The van der Waals surface area contributed by atoms with Crippen molar-refractivity contribution in [3.05, 3.63) is 68.7 Å². The van der Waals surface area contributed by atoms with E-state index in [9.17, 15) is 14.4 Å². The van der Waals surface area contributed by atoms with E-state index in [0.29, 0.717) is 5.02 Å². The van der Waals surface area contributed by atoms with Gasteiger partial charge in [-0.2, -0.15) is 0 Å². The fourth-order valence-electron chi connectivity index (χ4n) is 4.65. The van der Waals surface area contributed by atoms with Crippen molar-refractivity contribution in [2.75, 3.05) is 16.3 Å². The smallest absolute Gasteiger partial charge is 0.335 e. The normalized spacial score (nSPS) is 18.7. The molecule has 1 fully saturated rings. The lowest BCUT2D eigenvalue weighted by molar-refractivity contribution is -0.122. The number of halogens is 2. The summed E-state index contributed by atoms with van der Waals surface area (Å²) in [5.41, 5.74) is 4.86. The SMILES string of the molecule is CCN1c2cc(C)c(/C=C3/C(=O)NC(=O)N(c4ccc(Cl)c(Cl)c4)C3=O)cc2C(C)=CC1(C)C. The number of nitrogens with one attached hydrogen (secondary N) is 1. The number of benzene rings is 2. The van der Waals surface area contributed by atoms with Gasteiger partial charge in [0.1, 0.15) is 5.57 Å². The maximum atomic E-state index is 13.3. The van der Waals surface area contributed by atoms with Crippen molar-refractivity contribution in [3.63, 3.8) is 0 Å². The van der Waals surface area contributed by atoms with Gasteiger partial charge in [-0.1, -0.05) is 29.3 Å². The molecule has 4 rings (SSSR count). The summed E-state index contributed by atoms with van der Waals surface area (Å²) in [5, 5.41) is 2.73. The Morgan fingerprint density at radius 3 is 2.38 bits per heavy atom. The van der Waals surface area contributed by atoms with Crippen LogP contribution >= 0.6 is 23.2 Å². The van der Waals surface area contributed by atoms with Crippen molar-refractivity contribution in [1.29, 1.82) is 0 Å². The Kier molecular flexibility index (Phi) is 6.08. The molecule has 2 aromatic carbocycles. The van der Waals surface area contributed by atoms with Gasteiger partial charge < -0.3 is 4.90 Å². The van der Waals surface area contributed by atoms with Crippen LogP contribution in [0.2, 0.25) is 10.0 Å². The van der Waals surface area contributed by atoms with Crippen LogP contribution in [0.3, 0.4) is 0 Å². The average molecular weight is 498 g/mol. The van der Waals surface area contributed by atoms with Crippen LogP contribution in [0, 0.1) is 6.92 Å². The lowest BCUT2D eigenvalue weighted by Crippen LogP contribution is -2.54. The lowest BCUT2D eigenvalue weighted by Gasteiger charge is -2.43. The number of hydrogen-bond acceptors (Lipinski definition) is 4. The Morgan fingerprint density at radius 2 is 1.74 bits per heavy atom. The highest BCUT2D eigenvalue weighted by Crippen LogP contribution is 2.40. The molecule has 4 amide bonds. The monoisotopic (exact) mass is 497 g/mol. The van der Waals surface area contributed by atoms with Gasteiger partial charge in [-0.05, 0) is 87.7 Å². The van der Waals surface area contributed by atoms with E-state index in [4.69, 9.17) is 23.2 Å². The number of hydrogen-bond donors (Lipinski definition) is 1. The molecule has 176 valence electrons. The van der Waals surface area contributed by atoms with Gasteiger partial charge in [0.2, 0.25) is 0 Å². The molecule has 0 aliphatic carbocycles. The van der Waals surface area contributed by atoms with Gasteiger partial charge in [0.15, 0.2) is 0 Å². The minimum atomic E-state index is -0.840.